The minimum atomic E-state index is -0.432. The van der Waals surface area contributed by atoms with Crippen molar-refractivity contribution < 1.29 is 9.15 Å². The zero-order valence-corrected chi connectivity index (χ0v) is 9.10. The van der Waals surface area contributed by atoms with E-state index < -0.39 is 5.63 Å². The number of allylic oxidation sites excluding steroid dienone is 2. The van der Waals surface area contributed by atoms with E-state index >= 15 is 0 Å². The van der Waals surface area contributed by atoms with Gasteiger partial charge in [0.05, 0.1) is 6.26 Å². The summed E-state index contributed by atoms with van der Waals surface area (Å²) in [6.45, 7) is 3.71. The highest BCUT2D eigenvalue weighted by Gasteiger charge is 2.19. The van der Waals surface area contributed by atoms with E-state index in [1.807, 2.05) is 18.2 Å². The lowest BCUT2D eigenvalue weighted by Gasteiger charge is -2.15. The highest BCUT2D eigenvalue weighted by molar-refractivity contribution is 5.82. The third kappa shape index (κ3) is 1.47. The molecule has 3 nitrogen and oxygen atoms in total. The molecule has 84 valence electrons. The van der Waals surface area contributed by atoms with Gasteiger partial charge < -0.3 is 9.15 Å². The fourth-order valence-corrected chi connectivity index (χ4v) is 1.99. The van der Waals surface area contributed by atoms with E-state index in [0.717, 1.165) is 16.5 Å². The molecule has 1 aliphatic heterocycles. The predicted octanol–water partition coefficient (Wildman–Crippen LogP) is 2.80. The van der Waals surface area contributed by atoms with Crippen molar-refractivity contribution in [2.24, 2.45) is 0 Å². The summed E-state index contributed by atoms with van der Waals surface area (Å²) in [5.74, 6) is 0.286. The molecule has 0 amide bonds. The molecule has 0 radical (unpaired) electrons. The Labute approximate surface area is 97.6 Å². The van der Waals surface area contributed by atoms with E-state index in [2.05, 4.69) is 6.58 Å². The maximum absolute atomic E-state index is 11.7. The van der Waals surface area contributed by atoms with Gasteiger partial charge in [0, 0.05) is 17.4 Å². The molecule has 0 atom stereocenters. The van der Waals surface area contributed by atoms with Crippen molar-refractivity contribution in [1.29, 1.82) is 0 Å². The summed E-state index contributed by atoms with van der Waals surface area (Å²) in [6, 6.07) is 7.45. The lowest BCUT2D eigenvalue weighted by Crippen LogP contribution is -2.12. The minimum Gasteiger partial charge on any atom is -0.457 e. The van der Waals surface area contributed by atoms with Gasteiger partial charge in [0.15, 0.2) is 0 Å². The summed E-state index contributed by atoms with van der Waals surface area (Å²) in [5, 5.41) is 0.912. The van der Waals surface area contributed by atoms with Crippen LogP contribution in [0.4, 0.5) is 0 Å². The molecule has 3 heteroatoms. The fourth-order valence-electron chi connectivity index (χ4n) is 1.99. The van der Waals surface area contributed by atoms with Gasteiger partial charge in [0.25, 0.3) is 0 Å². The number of benzene rings is 1. The van der Waals surface area contributed by atoms with E-state index in [-0.39, 0.29) is 5.75 Å². The highest BCUT2D eigenvalue weighted by atomic mass is 16.5. The predicted molar refractivity (Wildman–Crippen MR) is 65.1 cm³/mol. The second-order valence-corrected chi connectivity index (χ2v) is 3.88. The first-order valence-electron chi connectivity index (χ1n) is 5.32. The van der Waals surface area contributed by atoms with Crippen LogP contribution in [-0.2, 0) is 6.42 Å². The first kappa shape index (κ1) is 9.90. The summed E-state index contributed by atoms with van der Waals surface area (Å²) in [5.41, 5.74) is 1.98. The zero-order chi connectivity index (χ0) is 11.8. The molecule has 2 aromatic rings. The molecule has 1 aliphatic rings. The molecule has 2 heterocycles. The summed E-state index contributed by atoms with van der Waals surface area (Å²) in [7, 11) is 0. The third-order valence-electron chi connectivity index (χ3n) is 2.85. The Kier molecular flexibility index (Phi) is 2.11. The maximum atomic E-state index is 11.7. The Bertz CT molecular complexity index is 692. The summed E-state index contributed by atoms with van der Waals surface area (Å²) in [4.78, 5) is 11.7. The topological polar surface area (TPSA) is 39.4 Å². The van der Waals surface area contributed by atoms with Crippen LogP contribution in [0, 0.1) is 0 Å². The molecule has 0 spiro atoms. The molecular weight excluding hydrogens is 216 g/mol. The van der Waals surface area contributed by atoms with Crippen molar-refractivity contribution in [2.45, 2.75) is 6.42 Å². The standard InChI is InChI=1S/C14H10O3/c1-2-9-7-11-10-5-3-4-6-12(10)17-14(15)13(11)16-8-9/h2-6,8H,1,7H2. The van der Waals surface area contributed by atoms with Gasteiger partial charge in [-0.2, -0.15) is 0 Å². The smallest absolute Gasteiger partial charge is 0.379 e. The molecule has 0 unspecified atom stereocenters. The van der Waals surface area contributed by atoms with Crippen molar-refractivity contribution in [3.05, 3.63) is 64.7 Å². The van der Waals surface area contributed by atoms with Gasteiger partial charge in [-0.1, -0.05) is 30.9 Å². The van der Waals surface area contributed by atoms with Crippen LogP contribution in [0.3, 0.4) is 0 Å². The molecule has 0 saturated carbocycles. The van der Waals surface area contributed by atoms with Gasteiger partial charge in [-0.25, -0.2) is 4.79 Å². The van der Waals surface area contributed by atoms with Gasteiger partial charge in [-0.05, 0) is 11.6 Å². The van der Waals surface area contributed by atoms with Crippen LogP contribution in [-0.4, -0.2) is 0 Å². The van der Waals surface area contributed by atoms with Gasteiger partial charge in [-0.3, -0.25) is 0 Å². The molecule has 0 aliphatic carbocycles. The number of para-hydroxylation sites is 1. The molecule has 17 heavy (non-hydrogen) atoms. The fraction of sp³-hybridized carbons (Fsp3) is 0.0714. The Balaban J connectivity index is 2.34. The van der Waals surface area contributed by atoms with Crippen molar-refractivity contribution in [2.75, 3.05) is 0 Å². The number of rotatable bonds is 1. The lowest BCUT2D eigenvalue weighted by atomic mass is 10.0. The summed E-state index contributed by atoms with van der Waals surface area (Å²) < 4.78 is 10.5. The largest absolute Gasteiger partial charge is 0.457 e. The van der Waals surface area contributed by atoms with Gasteiger partial charge in [0.2, 0.25) is 5.75 Å². The van der Waals surface area contributed by atoms with E-state index in [1.165, 1.54) is 0 Å². The van der Waals surface area contributed by atoms with Crippen LogP contribution in [0.25, 0.3) is 11.0 Å². The summed E-state index contributed by atoms with van der Waals surface area (Å²) >= 11 is 0. The monoisotopic (exact) mass is 226 g/mol. The van der Waals surface area contributed by atoms with E-state index in [1.54, 1.807) is 18.4 Å². The lowest BCUT2D eigenvalue weighted by molar-refractivity contribution is 0.419. The highest BCUT2D eigenvalue weighted by Crippen LogP contribution is 2.30. The van der Waals surface area contributed by atoms with E-state index in [0.29, 0.717) is 12.0 Å². The van der Waals surface area contributed by atoms with Crippen LogP contribution >= 0.6 is 0 Å². The van der Waals surface area contributed by atoms with Crippen molar-refractivity contribution in [1.82, 2.24) is 0 Å². The van der Waals surface area contributed by atoms with Crippen molar-refractivity contribution in [3.8, 4) is 5.75 Å². The second kappa shape index (κ2) is 3.63. The van der Waals surface area contributed by atoms with Gasteiger partial charge in [-0.15, -0.1) is 0 Å². The molecule has 3 rings (SSSR count). The van der Waals surface area contributed by atoms with E-state index in [4.69, 9.17) is 9.15 Å². The normalized spacial score (nSPS) is 13.8. The maximum Gasteiger partial charge on any atom is 0.379 e. The molecule has 0 fully saturated rings. The first-order chi connectivity index (χ1) is 8.29. The quantitative estimate of drug-likeness (QED) is 0.702. The first-order valence-corrected chi connectivity index (χ1v) is 5.32. The Hall–Kier alpha value is -2.29. The Morgan fingerprint density at radius 1 is 1.29 bits per heavy atom. The van der Waals surface area contributed by atoms with Crippen molar-refractivity contribution in [3.63, 3.8) is 0 Å². The molecule has 1 aromatic carbocycles. The van der Waals surface area contributed by atoms with Crippen molar-refractivity contribution >= 4 is 11.0 Å². The molecule has 0 N–H and O–H groups in total. The third-order valence-corrected chi connectivity index (χ3v) is 2.85. The molecule has 0 bridgehead atoms. The Morgan fingerprint density at radius 3 is 2.94 bits per heavy atom. The van der Waals surface area contributed by atoms with Gasteiger partial charge in [0.1, 0.15) is 5.58 Å². The van der Waals surface area contributed by atoms with Crippen LogP contribution in [0.15, 0.2) is 58.0 Å². The van der Waals surface area contributed by atoms with Crippen LogP contribution in [0.2, 0.25) is 0 Å². The number of ether oxygens (including phenoxy) is 1. The minimum absolute atomic E-state index is 0.286. The number of hydrogen-bond acceptors (Lipinski definition) is 3. The average molecular weight is 226 g/mol. The molecule has 0 saturated heterocycles. The molecular formula is C14H10O3. The zero-order valence-electron chi connectivity index (χ0n) is 9.10. The molecule has 1 aromatic heterocycles. The van der Waals surface area contributed by atoms with Crippen LogP contribution in [0.1, 0.15) is 5.56 Å². The van der Waals surface area contributed by atoms with Gasteiger partial charge >= 0.3 is 5.63 Å². The van der Waals surface area contributed by atoms with Crippen LogP contribution in [0.5, 0.6) is 5.75 Å². The number of fused-ring (bicyclic) bond motifs is 3. The van der Waals surface area contributed by atoms with Crippen LogP contribution < -0.4 is 10.4 Å². The number of hydrogen-bond donors (Lipinski definition) is 0. The Morgan fingerprint density at radius 2 is 2.12 bits per heavy atom. The SMILES string of the molecule is C=CC1=COc2c(c3ccccc3oc2=O)C1. The second-order valence-electron chi connectivity index (χ2n) is 3.88. The average Bonchev–Trinajstić information content (AvgIpc) is 2.38. The van der Waals surface area contributed by atoms with E-state index in [9.17, 15) is 4.79 Å². The summed E-state index contributed by atoms with van der Waals surface area (Å²) in [6.07, 6.45) is 3.91.